The molecule has 0 aliphatic rings. The minimum absolute atomic E-state index is 0.0561. The smallest absolute Gasteiger partial charge is 0.137 e. The van der Waals surface area contributed by atoms with Crippen LogP contribution in [0.25, 0.3) is 11.1 Å². The number of halogens is 3. The van der Waals surface area contributed by atoms with Gasteiger partial charge in [-0.15, -0.1) is 0 Å². The Balaban J connectivity index is 2.68. The summed E-state index contributed by atoms with van der Waals surface area (Å²) in [6.45, 7) is 0.0561. The molecule has 0 amide bonds. The predicted molar refractivity (Wildman–Crippen MR) is 66.2 cm³/mol. The molecule has 2 N–H and O–H groups in total. The Morgan fingerprint density at radius 3 is 2.21 bits per heavy atom. The number of nitrogens with two attached hydrogens (primary N) is 1. The first-order valence-electron chi connectivity index (χ1n) is 5.58. The number of methoxy groups -OCH3 is 1. The van der Waals surface area contributed by atoms with Crippen molar-refractivity contribution >= 4 is 0 Å². The normalized spacial score (nSPS) is 10.6. The van der Waals surface area contributed by atoms with Crippen LogP contribution in [0.1, 0.15) is 5.56 Å². The Kier molecular flexibility index (Phi) is 3.76. The van der Waals surface area contributed by atoms with E-state index in [0.717, 1.165) is 18.2 Å². The molecule has 0 saturated carbocycles. The Morgan fingerprint density at radius 1 is 1.05 bits per heavy atom. The summed E-state index contributed by atoms with van der Waals surface area (Å²) in [6.07, 6.45) is 0. The van der Waals surface area contributed by atoms with Crippen molar-refractivity contribution in [1.82, 2.24) is 0 Å². The summed E-state index contributed by atoms with van der Waals surface area (Å²) in [5, 5.41) is 0. The van der Waals surface area contributed by atoms with Gasteiger partial charge in [-0.3, -0.25) is 0 Å². The van der Waals surface area contributed by atoms with Crippen molar-refractivity contribution < 1.29 is 17.9 Å². The van der Waals surface area contributed by atoms with E-state index < -0.39 is 17.5 Å². The van der Waals surface area contributed by atoms with Crippen LogP contribution >= 0.6 is 0 Å². The van der Waals surface area contributed by atoms with Crippen molar-refractivity contribution in [3.8, 4) is 16.9 Å². The standard InChI is InChI=1S/C14H12F3NO/c1-19-10-5-12(16)14(13(17)6-10)11-4-9(15)3-2-8(11)7-18/h2-6H,7,18H2,1H3. The second-order valence-electron chi connectivity index (χ2n) is 3.97. The van der Waals surface area contributed by atoms with Gasteiger partial charge in [-0.05, 0) is 23.3 Å². The van der Waals surface area contributed by atoms with E-state index in [1.165, 1.54) is 19.2 Å². The fraction of sp³-hybridized carbons (Fsp3) is 0.143. The van der Waals surface area contributed by atoms with Gasteiger partial charge in [0.05, 0.1) is 12.7 Å². The van der Waals surface area contributed by atoms with Crippen molar-refractivity contribution in [3.63, 3.8) is 0 Å². The van der Waals surface area contributed by atoms with Crippen LogP contribution in [0.3, 0.4) is 0 Å². The van der Waals surface area contributed by atoms with Crippen LogP contribution in [0.15, 0.2) is 30.3 Å². The van der Waals surface area contributed by atoms with E-state index in [-0.39, 0.29) is 23.4 Å². The van der Waals surface area contributed by atoms with Crippen molar-refractivity contribution in [2.45, 2.75) is 6.54 Å². The van der Waals surface area contributed by atoms with Crippen LogP contribution in [0.2, 0.25) is 0 Å². The molecule has 0 aromatic heterocycles. The van der Waals surface area contributed by atoms with Gasteiger partial charge in [-0.25, -0.2) is 13.2 Å². The van der Waals surface area contributed by atoms with Crippen LogP contribution in [-0.2, 0) is 6.54 Å². The molecule has 0 bridgehead atoms. The van der Waals surface area contributed by atoms with Gasteiger partial charge in [-0.2, -0.15) is 0 Å². The van der Waals surface area contributed by atoms with Crippen molar-refractivity contribution in [3.05, 3.63) is 53.3 Å². The first-order chi connectivity index (χ1) is 9.06. The summed E-state index contributed by atoms with van der Waals surface area (Å²) in [5.74, 6) is -2.17. The number of benzene rings is 2. The maximum absolute atomic E-state index is 13.9. The van der Waals surface area contributed by atoms with E-state index in [2.05, 4.69) is 0 Å². The molecule has 0 saturated heterocycles. The third-order valence-electron chi connectivity index (χ3n) is 2.81. The van der Waals surface area contributed by atoms with Crippen molar-refractivity contribution in [2.24, 2.45) is 5.73 Å². The van der Waals surface area contributed by atoms with Crippen LogP contribution in [0.4, 0.5) is 13.2 Å². The third-order valence-corrected chi connectivity index (χ3v) is 2.81. The fourth-order valence-corrected chi connectivity index (χ4v) is 1.88. The minimum atomic E-state index is -0.822. The average molecular weight is 267 g/mol. The maximum atomic E-state index is 13.9. The molecule has 2 nitrogen and oxygen atoms in total. The lowest BCUT2D eigenvalue weighted by Crippen LogP contribution is -2.02. The second kappa shape index (κ2) is 5.32. The van der Waals surface area contributed by atoms with E-state index in [9.17, 15) is 13.2 Å². The molecule has 0 aliphatic carbocycles. The van der Waals surface area contributed by atoms with Gasteiger partial charge in [0.15, 0.2) is 0 Å². The molecule has 19 heavy (non-hydrogen) atoms. The molecule has 0 unspecified atom stereocenters. The van der Waals surface area contributed by atoms with Crippen molar-refractivity contribution in [1.29, 1.82) is 0 Å². The van der Waals surface area contributed by atoms with E-state index in [1.807, 2.05) is 0 Å². The highest BCUT2D eigenvalue weighted by atomic mass is 19.1. The zero-order chi connectivity index (χ0) is 14.0. The average Bonchev–Trinajstić information content (AvgIpc) is 2.38. The van der Waals surface area contributed by atoms with Crippen LogP contribution in [0, 0.1) is 17.5 Å². The molecular formula is C14H12F3NO. The molecule has 0 fully saturated rings. The summed E-state index contributed by atoms with van der Waals surface area (Å²) in [5.41, 5.74) is 5.77. The highest BCUT2D eigenvalue weighted by Gasteiger charge is 2.17. The molecule has 0 heterocycles. The molecule has 0 radical (unpaired) electrons. The lowest BCUT2D eigenvalue weighted by molar-refractivity contribution is 0.407. The lowest BCUT2D eigenvalue weighted by atomic mass is 9.98. The quantitative estimate of drug-likeness (QED) is 0.926. The molecule has 0 aliphatic heterocycles. The molecule has 0 spiro atoms. The number of hydrogen-bond acceptors (Lipinski definition) is 2. The second-order valence-corrected chi connectivity index (χ2v) is 3.97. The van der Waals surface area contributed by atoms with Gasteiger partial charge in [0, 0.05) is 18.7 Å². The molecule has 100 valence electrons. The number of rotatable bonds is 3. The van der Waals surface area contributed by atoms with Crippen molar-refractivity contribution in [2.75, 3.05) is 7.11 Å². The van der Waals surface area contributed by atoms with Gasteiger partial charge in [0.1, 0.15) is 23.2 Å². The highest BCUT2D eigenvalue weighted by molar-refractivity contribution is 5.69. The number of ether oxygens (including phenoxy) is 1. The summed E-state index contributed by atoms with van der Waals surface area (Å²) < 4.78 is 45.9. The minimum Gasteiger partial charge on any atom is -0.497 e. The Bertz CT molecular complexity index is 591. The Hall–Kier alpha value is -2.01. The number of hydrogen-bond donors (Lipinski definition) is 1. The molecule has 0 atom stereocenters. The van der Waals surface area contributed by atoms with E-state index in [4.69, 9.17) is 10.5 Å². The topological polar surface area (TPSA) is 35.2 Å². The molecule has 5 heteroatoms. The Morgan fingerprint density at radius 2 is 1.68 bits per heavy atom. The largest absolute Gasteiger partial charge is 0.497 e. The third kappa shape index (κ3) is 2.56. The van der Waals surface area contributed by atoms with Gasteiger partial charge in [0.2, 0.25) is 0 Å². The Labute approximate surface area is 108 Å². The van der Waals surface area contributed by atoms with Crippen LogP contribution < -0.4 is 10.5 Å². The monoisotopic (exact) mass is 267 g/mol. The van der Waals surface area contributed by atoms with Crippen LogP contribution in [-0.4, -0.2) is 7.11 Å². The summed E-state index contributed by atoms with van der Waals surface area (Å²) in [7, 11) is 1.31. The van der Waals surface area contributed by atoms with E-state index in [0.29, 0.717) is 5.56 Å². The lowest BCUT2D eigenvalue weighted by Gasteiger charge is -2.11. The van der Waals surface area contributed by atoms with Gasteiger partial charge < -0.3 is 10.5 Å². The predicted octanol–water partition coefficient (Wildman–Crippen LogP) is 3.24. The van der Waals surface area contributed by atoms with Gasteiger partial charge in [-0.1, -0.05) is 6.07 Å². The summed E-state index contributed by atoms with van der Waals surface area (Å²) in [4.78, 5) is 0. The fourth-order valence-electron chi connectivity index (χ4n) is 1.88. The molecule has 2 rings (SSSR count). The molecule has 2 aromatic rings. The zero-order valence-electron chi connectivity index (χ0n) is 10.2. The summed E-state index contributed by atoms with van der Waals surface area (Å²) in [6, 6.07) is 5.77. The zero-order valence-corrected chi connectivity index (χ0v) is 10.2. The summed E-state index contributed by atoms with van der Waals surface area (Å²) >= 11 is 0. The van der Waals surface area contributed by atoms with E-state index in [1.54, 1.807) is 0 Å². The maximum Gasteiger partial charge on any atom is 0.137 e. The first kappa shape index (κ1) is 13.4. The SMILES string of the molecule is COc1cc(F)c(-c2cc(F)ccc2CN)c(F)c1. The van der Waals surface area contributed by atoms with E-state index >= 15 is 0 Å². The van der Waals surface area contributed by atoms with Gasteiger partial charge >= 0.3 is 0 Å². The first-order valence-corrected chi connectivity index (χ1v) is 5.58. The highest BCUT2D eigenvalue weighted by Crippen LogP contribution is 2.32. The van der Waals surface area contributed by atoms with Gasteiger partial charge in [0.25, 0.3) is 0 Å². The van der Waals surface area contributed by atoms with Crippen LogP contribution in [0.5, 0.6) is 5.75 Å². The molecular weight excluding hydrogens is 255 g/mol. The molecule has 2 aromatic carbocycles.